The molecule has 0 aliphatic carbocycles. The lowest BCUT2D eigenvalue weighted by molar-refractivity contribution is 0.185. The van der Waals surface area contributed by atoms with E-state index in [1.165, 1.54) is 29.9 Å². The van der Waals surface area contributed by atoms with Gasteiger partial charge in [-0.2, -0.15) is 0 Å². The van der Waals surface area contributed by atoms with Gasteiger partial charge in [-0.3, -0.25) is 4.57 Å². The van der Waals surface area contributed by atoms with E-state index < -0.39 is 20.0 Å². The molecule has 0 aliphatic heterocycles. The van der Waals surface area contributed by atoms with Crippen molar-refractivity contribution < 1.29 is 17.5 Å². The molecule has 0 atom stereocenters. The fraction of sp³-hybridized carbons (Fsp3) is 0.273. The third kappa shape index (κ3) is 3.34. The summed E-state index contributed by atoms with van der Waals surface area (Å²) in [6.45, 7) is 0.263. The van der Waals surface area contributed by atoms with E-state index in [1.54, 1.807) is 0 Å². The van der Waals surface area contributed by atoms with E-state index in [-0.39, 0.29) is 29.6 Å². The second kappa shape index (κ2) is 6.27. The summed E-state index contributed by atoms with van der Waals surface area (Å²) in [7, 11) is 2.62. The molecule has 21 heavy (non-hydrogen) atoms. The first-order valence-electron chi connectivity index (χ1n) is 5.67. The van der Waals surface area contributed by atoms with Crippen molar-refractivity contribution in [3.8, 4) is 11.4 Å². The molecule has 1 aromatic carbocycles. The number of methoxy groups -OCH3 is 1. The van der Waals surface area contributed by atoms with Crippen LogP contribution in [0.25, 0.3) is 11.4 Å². The van der Waals surface area contributed by atoms with Crippen molar-refractivity contribution in [2.75, 3.05) is 13.7 Å². The normalized spacial score (nSPS) is 11.8. The highest BCUT2D eigenvalue weighted by Crippen LogP contribution is 2.28. The van der Waals surface area contributed by atoms with Crippen LogP contribution in [0, 0.1) is 5.82 Å². The Bertz CT molecular complexity index is 764. The molecule has 114 valence electrons. The lowest BCUT2D eigenvalue weighted by Crippen LogP contribution is -2.12. The molecular weight excluding hydrogens is 344 g/mol. The Morgan fingerprint density at radius 3 is 2.71 bits per heavy atom. The maximum atomic E-state index is 14.1. The summed E-state index contributed by atoms with van der Waals surface area (Å²) in [4.78, 5) is 0. The molecule has 0 unspecified atom stereocenters. The van der Waals surface area contributed by atoms with Gasteiger partial charge in [0.1, 0.15) is 0 Å². The summed E-state index contributed by atoms with van der Waals surface area (Å²) in [5.74, 6) is -0.713. The molecule has 0 radical (unpaired) electrons. The van der Waals surface area contributed by atoms with Gasteiger partial charge in [-0.15, -0.1) is 10.2 Å². The van der Waals surface area contributed by atoms with E-state index in [0.29, 0.717) is 0 Å². The Hall–Kier alpha value is -1.22. The van der Waals surface area contributed by atoms with Crippen molar-refractivity contribution in [1.29, 1.82) is 0 Å². The van der Waals surface area contributed by atoms with Gasteiger partial charge >= 0.3 is 0 Å². The smallest absolute Gasteiger partial charge is 0.296 e. The quantitative estimate of drug-likeness (QED) is 0.771. The highest BCUT2D eigenvalue weighted by molar-refractivity contribution is 8.13. The Morgan fingerprint density at radius 1 is 1.38 bits per heavy atom. The number of ether oxygens (including phenoxy) is 1. The Morgan fingerprint density at radius 2 is 2.10 bits per heavy atom. The third-order valence-electron chi connectivity index (χ3n) is 2.65. The molecular formula is C11H10Cl2FN3O3S. The van der Waals surface area contributed by atoms with Gasteiger partial charge in [-0.1, -0.05) is 17.7 Å². The van der Waals surface area contributed by atoms with Crippen LogP contribution < -0.4 is 0 Å². The lowest BCUT2D eigenvalue weighted by atomic mass is 10.2. The standard InChI is InChI=1S/C11H10Cl2FN3O3S/c1-20-6-5-17-10(15-16-11(17)21(13,18)19)7-3-2-4-8(12)9(7)14/h2-4H,5-6H2,1H3. The van der Waals surface area contributed by atoms with Crippen LogP contribution in [-0.2, 0) is 20.3 Å². The highest BCUT2D eigenvalue weighted by Gasteiger charge is 2.25. The van der Waals surface area contributed by atoms with E-state index in [4.69, 9.17) is 27.0 Å². The van der Waals surface area contributed by atoms with Gasteiger partial charge in [0, 0.05) is 17.8 Å². The minimum atomic E-state index is -4.12. The van der Waals surface area contributed by atoms with E-state index in [9.17, 15) is 12.8 Å². The zero-order valence-corrected chi connectivity index (χ0v) is 13.1. The molecule has 6 nitrogen and oxygen atoms in total. The van der Waals surface area contributed by atoms with E-state index >= 15 is 0 Å². The molecule has 10 heteroatoms. The largest absolute Gasteiger partial charge is 0.383 e. The highest BCUT2D eigenvalue weighted by atomic mass is 35.7. The Kier molecular flexibility index (Phi) is 4.82. The van der Waals surface area contributed by atoms with Gasteiger partial charge in [0.2, 0.25) is 0 Å². The number of halogens is 3. The van der Waals surface area contributed by atoms with Crippen molar-refractivity contribution in [3.05, 3.63) is 29.0 Å². The van der Waals surface area contributed by atoms with Crippen LogP contribution in [0.5, 0.6) is 0 Å². The fourth-order valence-corrected chi connectivity index (χ4v) is 2.83. The molecule has 2 aromatic rings. The summed E-state index contributed by atoms with van der Waals surface area (Å²) in [5.41, 5.74) is 0.0256. The molecule has 0 saturated heterocycles. The first-order chi connectivity index (χ1) is 9.86. The van der Waals surface area contributed by atoms with Crippen LogP contribution >= 0.6 is 22.3 Å². The number of benzene rings is 1. The number of hydrogen-bond donors (Lipinski definition) is 0. The topological polar surface area (TPSA) is 74.1 Å². The second-order valence-corrected chi connectivity index (χ2v) is 6.86. The van der Waals surface area contributed by atoms with Crippen LogP contribution in [0.4, 0.5) is 4.39 Å². The molecule has 0 amide bonds. The van der Waals surface area contributed by atoms with Crippen molar-refractivity contribution >= 4 is 31.3 Å². The van der Waals surface area contributed by atoms with Crippen molar-refractivity contribution in [3.63, 3.8) is 0 Å². The maximum Gasteiger partial charge on any atom is 0.296 e. The summed E-state index contributed by atoms with van der Waals surface area (Å²) < 4.78 is 43.1. The molecule has 0 saturated carbocycles. The molecule has 0 aliphatic rings. The molecule has 0 bridgehead atoms. The monoisotopic (exact) mass is 353 g/mol. The molecule has 0 spiro atoms. The Labute approximate surface area is 129 Å². The van der Waals surface area contributed by atoms with Gasteiger partial charge in [-0.05, 0) is 12.1 Å². The number of nitrogens with zero attached hydrogens (tertiary/aromatic N) is 3. The van der Waals surface area contributed by atoms with Gasteiger partial charge in [0.15, 0.2) is 11.6 Å². The molecule has 0 N–H and O–H groups in total. The van der Waals surface area contributed by atoms with Crippen LogP contribution in [0.2, 0.25) is 5.02 Å². The fourth-order valence-electron chi connectivity index (χ4n) is 1.73. The summed E-state index contributed by atoms with van der Waals surface area (Å²) in [5, 5.41) is 6.63. The molecule has 1 heterocycles. The average Bonchev–Trinajstić information content (AvgIpc) is 2.83. The molecule has 1 aromatic heterocycles. The lowest BCUT2D eigenvalue weighted by Gasteiger charge is -2.09. The first-order valence-corrected chi connectivity index (χ1v) is 8.36. The van der Waals surface area contributed by atoms with E-state index in [2.05, 4.69) is 10.2 Å². The predicted molar refractivity (Wildman–Crippen MR) is 75.3 cm³/mol. The van der Waals surface area contributed by atoms with Gasteiger partial charge in [-0.25, -0.2) is 12.8 Å². The summed E-state index contributed by atoms with van der Waals surface area (Å²) in [6.07, 6.45) is 0. The Balaban J connectivity index is 2.64. The second-order valence-electron chi connectivity index (χ2n) is 3.99. The SMILES string of the molecule is COCCn1c(-c2cccc(Cl)c2F)nnc1S(=O)(=O)Cl. The van der Waals surface area contributed by atoms with Crippen LogP contribution in [-0.4, -0.2) is 36.9 Å². The van der Waals surface area contributed by atoms with Gasteiger partial charge in [0.25, 0.3) is 14.2 Å². The zero-order chi connectivity index (χ0) is 15.6. The summed E-state index contributed by atoms with van der Waals surface area (Å²) >= 11 is 5.72. The van der Waals surface area contributed by atoms with Gasteiger partial charge in [0.05, 0.1) is 23.7 Å². The number of rotatable bonds is 5. The van der Waals surface area contributed by atoms with Crippen LogP contribution in [0.1, 0.15) is 0 Å². The van der Waals surface area contributed by atoms with E-state index in [0.717, 1.165) is 0 Å². The van der Waals surface area contributed by atoms with E-state index in [1.807, 2.05) is 0 Å². The third-order valence-corrected chi connectivity index (χ3v) is 4.09. The first kappa shape index (κ1) is 16.2. The average molecular weight is 354 g/mol. The van der Waals surface area contributed by atoms with Crippen molar-refractivity contribution in [1.82, 2.24) is 14.8 Å². The van der Waals surface area contributed by atoms with Crippen molar-refractivity contribution in [2.45, 2.75) is 11.7 Å². The van der Waals surface area contributed by atoms with Crippen molar-refractivity contribution in [2.24, 2.45) is 0 Å². The summed E-state index contributed by atoms with van der Waals surface area (Å²) in [6, 6.07) is 4.31. The zero-order valence-electron chi connectivity index (χ0n) is 10.8. The van der Waals surface area contributed by atoms with Crippen LogP contribution in [0.15, 0.2) is 23.4 Å². The maximum absolute atomic E-state index is 14.1. The van der Waals surface area contributed by atoms with Crippen LogP contribution in [0.3, 0.4) is 0 Å². The number of hydrogen-bond acceptors (Lipinski definition) is 5. The number of aromatic nitrogens is 3. The predicted octanol–water partition coefficient (Wildman–Crippen LogP) is 2.31. The molecule has 2 rings (SSSR count). The molecule has 0 fully saturated rings. The minimum absolute atomic E-state index is 0.00581. The minimum Gasteiger partial charge on any atom is -0.383 e. The van der Waals surface area contributed by atoms with Gasteiger partial charge < -0.3 is 4.74 Å².